The largest absolute Gasteiger partial charge is 0.285 e. The number of fused-ring (bicyclic) bond motifs is 1. The third-order valence-electron chi connectivity index (χ3n) is 4.83. The first kappa shape index (κ1) is 17.0. The standard InChI is InChI=1S/C24H20N2O/c1-3-18-14-15-21-22(16-18)25-17(2)26(24(21)27)23(19-10-6-4-7-11-19)20-12-8-5-9-13-20/h3-16,23H,1H2,2H3. The van der Waals surface area contributed by atoms with E-state index in [0.717, 1.165) is 16.7 Å². The van der Waals surface area contributed by atoms with E-state index in [9.17, 15) is 4.79 Å². The second-order valence-electron chi connectivity index (χ2n) is 6.54. The predicted octanol–water partition coefficient (Wildman–Crippen LogP) is 4.99. The summed E-state index contributed by atoms with van der Waals surface area (Å²) < 4.78 is 1.79. The molecule has 132 valence electrons. The van der Waals surface area contributed by atoms with Crippen LogP contribution in [0.3, 0.4) is 0 Å². The van der Waals surface area contributed by atoms with Gasteiger partial charge in [0.25, 0.3) is 5.56 Å². The van der Waals surface area contributed by atoms with Crippen LogP contribution in [0.4, 0.5) is 0 Å². The highest BCUT2D eigenvalue weighted by molar-refractivity contribution is 5.80. The van der Waals surface area contributed by atoms with Crippen LogP contribution in [0.1, 0.15) is 28.6 Å². The van der Waals surface area contributed by atoms with E-state index in [-0.39, 0.29) is 11.6 Å². The molecule has 3 heteroatoms. The normalized spacial score (nSPS) is 11.0. The fraction of sp³-hybridized carbons (Fsp3) is 0.0833. The van der Waals surface area contributed by atoms with Gasteiger partial charge in [-0.1, -0.05) is 79.4 Å². The number of rotatable bonds is 4. The molecule has 0 bridgehead atoms. The van der Waals surface area contributed by atoms with Crippen LogP contribution in [-0.2, 0) is 0 Å². The van der Waals surface area contributed by atoms with E-state index in [1.807, 2.05) is 61.5 Å². The zero-order valence-corrected chi connectivity index (χ0v) is 15.2. The van der Waals surface area contributed by atoms with Crippen LogP contribution in [-0.4, -0.2) is 9.55 Å². The smallest absolute Gasteiger partial charge is 0.262 e. The summed E-state index contributed by atoms with van der Waals surface area (Å²) in [4.78, 5) is 18.2. The van der Waals surface area contributed by atoms with Crippen LogP contribution in [0, 0.1) is 6.92 Å². The van der Waals surface area contributed by atoms with E-state index >= 15 is 0 Å². The fourth-order valence-electron chi connectivity index (χ4n) is 3.52. The minimum absolute atomic E-state index is 0.0363. The van der Waals surface area contributed by atoms with E-state index < -0.39 is 0 Å². The van der Waals surface area contributed by atoms with Crippen molar-refractivity contribution < 1.29 is 0 Å². The van der Waals surface area contributed by atoms with E-state index in [1.54, 1.807) is 10.6 Å². The Labute approximate surface area is 158 Å². The van der Waals surface area contributed by atoms with Gasteiger partial charge in [-0.05, 0) is 35.7 Å². The summed E-state index contributed by atoms with van der Waals surface area (Å²) in [6.45, 7) is 5.69. The second kappa shape index (κ2) is 7.04. The highest BCUT2D eigenvalue weighted by atomic mass is 16.1. The number of hydrogen-bond acceptors (Lipinski definition) is 2. The van der Waals surface area contributed by atoms with Gasteiger partial charge in [-0.3, -0.25) is 9.36 Å². The number of aromatic nitrogens is 2. The Kier molecular flexibility index (Phi) is 4.43. The molecule has 0 radical (unpaired) electrons. The fourth-order valence-corrected chi connectivity index (χ4v) is 3.52. The van der Waals surface area contributed by atoms with Crippen molar-refractivity contribution in [2.24, 2.45) is 0 Å². The van der Waals surface area contributed by atoms with Gasteiger partial charge >= 0.3 is 0 Å². The Hall–Kier alpha value is -3.46. The van der Waals surface area contributed by atoms with Gasteiger partial charge in [0.2, 0.25) is 0 Å². The van der Waals surface area contributed by atoms with Gasteiger partial charge in [0.1, 0.15) is 5.82 Å². The molecule has 0 saturated carbocycles. The van der Waals surface area contributed by atoms with Gasteiger partial charge in [-0.2, -0.15) is 0 Å². The molecular formula is C24H20N2O. The van der Waals surface area contributed by atoms with Crippen molar-refractivity contribution in [3.05, 3.63) is 118 Å². The van der Waals surface area contributed by atoms with Crippen molar-refractivity contribution in [2.45, 2.75) is 13.0 Å². The third-order valence-corrected chi connectivity index (χ3v) is 4.83. The highest BCUT2D eigenvalue weighted by Crippen LogP contribution is 2.27. The average molecular weight is 352 g/mol. The Bertz CT molecular complexity index is 1120. The predicted molar refractivity (Wildman–Crippen MR) is 111 cm³/mol. The van der Waals surface area contributed by atoms with Crippen LogP contribution in [0.2, 0.25) is 0 Å². The molecule has 4 rings (SSSR count). The minimum atomic E-state index is -0.226. The second-order valence-corrected chi connectivity index (χ2v) is 6.54. The van der Waals surface area contributed by atoms with E-state index in [2.05, 4.69) is 30.8 Å². The van der Waals surface area contributed by atoms with Crippen LogP contribution in [0.15, 0.2) is 90.2 Å². The van der Waals surface area contributed by atoms with Gasteiger partial charge in [-0.15, -0.1) is 0 Å². The molecule has 0 atom stereocenters. The van der Waals surface area contributed by atoms with Crippen molar-refractivity contribution in [1.82, 2.24) is 9.55 Å². The summed E-state index contributed by atoms with van der Waals surface area (Å²) in [6, 6.07) is 25.6. The maximum Gasteiger partial charge on any atom is 0.262 e. The monoisotopic (exact) mass is 352 g/mol. The molecule has 0 N–H and O–H groups in total. The van der Waals surface area contributed by atoms with Gasteiger partial charge in [-0.25, -0.2) is 4.98 Å². The highest BCUT2D eigenvalue weighted by Gasteiger charge is 2.21. The van der Waals surface area contributed by atoms with E-state index in [0.29, 0.717) is 16.7 Å². The first-order valence-electron chi connectivity index (χ1n) is 8.94. The van der Waals surface area contributed by atoms with E-state index in [1.165, 1.54) is 0 Å². The van der Waals surface area contributed by atoms with Crippen LogP contribution in [0.5, 0.6) is 0 Å². The lowest BCUT2D eigenvalue weighted by molar-refractivity contribution is 0.620. The Morgan fingerprint density at radius 1 is 0.926 bits per heavy atom. The first-order chi connectivity index (χ1) is 13.2. The topological polar surface area (TPSA) is 34.9 Å². The van der Waals surface area contributed by atoms with Crippen LogP contribution >= 0.6 is 0 Å². The zero-order chi connectivity index (χ0) is 18.8. The van der Waals surface area contributed by atoms with Crippen molar-refractivity contribution in [2.75, 3.05) is 0 Å². The maximum atomic E-state index is 13.4. The number of hydrogen-bond donors (Lipinski definition) is 0. The molecule has 3 nitrogen and oxygen atoms in total. The number of aryl methyl sites for hydroxylation is 1. The maximum absolute atomic E-state index is 13.4. The third kappa shape index (κ3) is 3.08. The van der Waals surface area contributed by atoms with Crippen LogP contribution in [0.25, 0.3) is 17.0 Å². The first-order valence-corrected chi connectivity index (χ1v) is 8.94. The van der Waals surface area contributed by atoms with Gasteiger partial charge in [0.05, 0.1) is 16.9 Å². The summed E-state index contributed by atoms with van der Waals surface area (Å²) >= 11 is 0. The molecule has 0 aliphatic heterocycles. The van der Waals surface area contributed by atoms with Gasteiger partial charge < -0.3 is 0 Å². The van der Waals surface area contributed by atoms with Crippen molar-refractivity contribution >= 4 is 17.0 Å². The number of benzene rings is 3. The molecule has 4 aromatic rings. The van der Waals surface area contributed by atoms with E-state index in [4.69, 9.17) is 4.98 Å². The quantitative estimate of drug-likeness (QED) is 0.519. The Morgan fingerprint density at radius 3 is 2.07 bits per heavy atom. The Morgan fingerprint density at radius 2 is 1.52 bits per heavy atom. The molecule has 1 aromatic heterocycles. The summed E-state index contributed by atoms with van der Waals surface area (Å²) in [5, 5.41) is 0.614. The number of nitrogens with zero attached hydrogens (tertiary/aromatic N) is 2. The van der Waals surface area contributed by atoms with Gasteiger partial charge in [0.15, 0.2) is 0 Å². The Balaban J connectivity index is 2.02. The lowest BCUT2D eigenvalue weighted by Crippen LogP contribution is -2.29. The molecule has 0 unspecified atom stereocenters. The SMILES string of the molecule is C=Cc1ccc2c(=O)n(C(c3ccccc3)c3ccccc3)c(C)nc2c1. The zero-order valence-electron chi connectivity index (χ0n) is 15.2. The molecule has 0 aliphatic rings. The summed E-state index contributed by atoms with van der Waals surface area (Å²) in [5.74, 6) is 0.686. The molecule has 27 heavy (non-hydrogen) atoms. The van der Waals surface area contributed by atoms with Gasteiger partial charge in [0, 0.05) is 0 Å². The molecule has 0 spiro atoms. The van der Waals surface area contributed by atoms with Crippen molar-refractivity contribution in [3.63, 3.8) is 0 Å². The molecule has 0 fully saturated rings. The molecule has 0 saturated heterocycles. The lowest BCUT2D eigenvalue weighted by atomic mass is 9.98. The molecule has 0 amide bonds. The van der Waals surface area contributed by atoms with Crippen molar-refractivity contribution in [1.29, 1.82) is 0 Å². The summed E-state index contributed by atoms with van der Waals surface area (Å²) in [5.41, 5.74) is 3.72. The van der Waals surface area contributed by atoms with Crippen LogP contribution < -0.4 is 5.56 Å². The summed E-state index contributed by atoms with van der Waals surface area (Å²) in [7, 11) is 0. The lowest BCUT2D eigenvalue weighted by Gasteiger charge is -2.23. The summed E-state index contributed by atoms with van der Waals surface area (Å²) in [6.07, 6.45) is 1.76. The minimum Gasteiger partial charge on any atom is -0.285 e. The molecular weight excluding hydrogens is 332 g/mol. The van der Waals surface area contributed by atoms with Crippen molar-refractivity contribution in [3.8, 4) is 0 Å². The molecule has 1 heterocycles. The molecule has 0 aliphatic carbocycles. The molecule has 3 aromatic carbocycles. The average Bonchev–Trinajstić information content (AvgIpc) is 2.72.